The van der Waals surface area contributed by atoms with E-state index in [9.17, 15) is 0 Å². The Balaban J connectivity index is 1.88. The van der Waals surface area contributed by atoms with Crippen LogP contribution in [-0.4, -0.2) is 0 Å². The first-order chi connectivity index (χ1) is 11.3. The first-order valence-electron chi connectivity index (χ1n) is 7.07. The van der Waals surface area contributed by atoms with Crippen LogP contribution in [-0.2, 0) is 0 Å². The van der Waals surface area contributed by atoms with Crippen LogP contribution >= 0.6 is 34.0 Å². The Kier molecular flexibility index (Phi) is 3.84. The van der Waals surface area contributed by atoms with E-state index in [0.29, 0.717) is 5.56 Å². The summed E-state index contributed by atoms with van der Waals surface area (Å²) in [5.74, 6) is 0. The van der Waals surface area contributed by atoms with Crippen LogP contribution in [0, 0.1) is 11.3 Å². The standard InChI is InChI=1S/C19H11NS3/c20-12-13-5-7-14(8-6-13)15-11-18(16-3-1-9-21-16)23-19(15)17-4-2-10-22-17/h1-11H. The van der Waals surface area contributed by atoms with Crippen molar-refractivity contribution in [2.24, 2.45) is 0 Å². The molecule has 0 amide bonds. The Hall–Kier alpha value is -2.19. The molecule has 0 radical (unpaired) electrons. The van der Waals surface area contributed by atoms with Crippen molar-refractivity contribution in [1.29, 1.82) is 5.26 Å². The van der Waals surface area contributed by atoms with Crippen LogP contribution in [0.3, 0.4) is 0 Å². The average Bonchev–Trinajstić information content (AvgIpc) is 3.34. The molecule has 1 nitrogen and oxygen atoms in total. The predicted molar refractivity (Wildman–Crippen MR) is 101 cm³/mol. The maximum absolute atomic E-state index is 8.99. The highest BCUT2D eigenvalue weighted by Gasteiger charge is 2.15. The molecule has 4 aromatic rings. The Morgan fingerprint density at radius 3 is 2.09 bits per heavy atom. The molecule has 4 rings (SSSR count). The number of rotatable bonds is 3. The number of benzene rings is 1. The van der Waals surface area contributed by atoms with E-state index in [2.05, 4.69) is 47.2 Å². The molecule has 0 saturated carbocycles. The lowest BCUT2D eigenvalue weighted by Crippen LogP contribution is -1.78. The molecule has 1 aromatic carbocycles. The molecular formula is C19H11NS3. The number of thiophene rings is 3. The van der Waals surface area contributed by atoms with Crippen molar-refractivity contribution in [1.82, 2.24) is 0 Å². The van der Waals surface area contributed by atoms with Crippen LogP contribution in [0.25, 0.3) is 30.6 Å². The van der Waals surface area contributed by atoms with Crippen molar-refractivity contribution in [3.8, 4) is 36.7 Å². The molecule has 23 heavy (non-hydrogen) atoms. The SMILES string of the molecule is N#Cc1ccc(-c2cc(-c3cccs3)sc2-c2cccs2)cc1. The van der Waals surface area contributed by atoms with Crippen LogP contribution < -0.4 is 0 Å². The molecule has 0 aliphatic carbocycles. The zero-order valence-electron chi connectivity index (χ0n) is 12.0. The summed E-state index contributed by atoms with van der Waals surface area (Å²) in [5, 5.41) is 13.2. The van der Waals surface area contributed by atoms with Gasteiger partial charge < -0.3 is 0 Å². The third-order valence-electron chi connectivity index (χ3n) is 3.57. The summed E-state index contributed by atoms with van der Waals surface area (Å²) in [5.41, 5.74) is 3.09. The third kappa shape index (κ3) is 2.75. The van der Waals surface area contributed by atoms with Gasteiger partial charge in [0, 0.05) is 20.2 Å². The van der Waals surface area contributed by atoms with E-state index in [1.807, 2.05) is 35.6 Å². The van der Waals surface area contributed by atoms with E-state index in [4.69, 9.17) is 5.26 Å². The van der Waals surface area contributed by atoms with Crippen LogP contribution in [0.2, 0.25) is 0 Å². The molecule has 0 unspecified atom stereocenters. The van der Waals surface area contributed by atoms with Gasteiger partial charge >= 0.3 is 0 Å². The smallest absolute Gasteiger partial charge is 0.0991 e. The second-order valence-corrected chi connectivity index (χ2v) is 7.94. The van der Waals surface area contributed by atoms with E-state index in [-0.39, 0.29) is 0 Å². The van der Waals surface area contributed by atoms with Crippen molar-refractivity contribution in [2.45, 2.75) is 0 Å². The lowest BCUT2D eigenvalue weighted by atomic mass is 10.0. The molecule has 0 saturated heterocycles. The molecule has 4 heteroatoms. The minimum Gasteiger partial charge on any atom is -0.192 e. The normalized spacial score (nSPS) is 10.6. The van der Waals surface area contributed by atoms with E-state index in [1.165, 1.54) is 25.1 Å². The van der Waals surface area contributed by atoms with Gasteiger partial charge in [0.2, 0.25) is 0 Å². The third-order valence-corrected chi connectivity index (χ3v) is 6.82. The summed E-state index contributed by atoms with van der Waals surface area (Å²) < 4.78 is 0. The van der Waals surface area contributed by atoms with E-state index < -0.39 is 0 Å². The molecule has 0 bridgehead atoms. The second kappa shape index (κ2) is 6.13. The Morgan fingerprint density at radius 1 is 0.783 bits per heavy atom. The van der Waals surface area contributed by atoms with Gasteiger partial charge in [-0.15, -0.1) is 34.0 Å². The maximum atomic E-state index is 8.99. The van der Waals surface area contributed by atoms with Crippen molar-refractivity contribution < 1.29 is 0 Å². The van der Waals surface area contributed by atoms with Crippen molar-refractivity contribution in [3.63, 3.8) is 0 Å². The topological polar surface area (TPSA) is 23.8 Å². The summed E-state index contributed by atoms with van der Waals surface area (Å²) >= 11 is 5.37. The van der Waals surface area contributed by atoms with Gasteiger partial charge in [-0.2, -0.15) is 5.26 Å². The molecular weight excluding hydrogens is 338 g/mol. The van der Waals surface area contributed by atoms with Crippen LogP contribution in [0.4, 0.5) is 0 Å². The van der Waals surface area contributed by atoms with Gasteiger partial charge in [0.1, 0.15) is 0 Å². The summed E-state index contributed by atoms with van der Waals surface area (Å²) in [6.07, 6.45) is 0. The molecule has 0 atom stereocenters. The van der Waals surface area contributed by atoms with Gasteiger partial charge in [-0.25, -0.2) is 0 Å². The quantitative estimate of drug-likeness (QED) is 0.401. The maximum Gasteiger partial charge on any atom is 0.0991 e. The number of hydrogen-bond donors (Lipinski definition) is 0. The molecule has 0 fully saturated rings. The average molecular weight is 350 g/mol. The Labute approximate surface area is 146 Å². The fourth-order valence-electron chi connectivity index (χ4n) is 2.46. The van der Waals surface area contributed by atoms with Gasteiger partial charge in [-0.1, -0.05) is 24.3 Å². The van der Waals surface area contributed by atoms with E-state index >= 15 is 0 Å². The predicted octanol–water partition coefficient (Wildman–Crippen LogP) is 6.74. The van der Waals surface area contributed by atoms with Crippen molar-refractivity contribution >= 4 is 34.0 Å². The van der Waals surface area contributed by atoms with Crippen LogP contribution in [0.5, 0.6) is 0 Å². The molecule has 110 valence electrons. The Bertz CT molecular complexity index is 953. The Morgan fingerprint density at radius 2 is 1.48 bits per heavy atom. The lowest BCUT2D eigenvalue weighted by molar-refractivity contribution is 1.48. The summed E-state index contributed by atoms with van der Waals surface area (Å²) in [4.78, 5) is 5.18. The second-order valence-electron chi connectivity index (χ2n) is 5.00. The monoisotopic (exact) mass is 349 g/mol. The molecule has 3 heterocycles. The molecule has 0 aliphatic heterocycles. The number of nitriles is 1. The lowest BCUT2D eigenvalue weighted by Gasteiger charge is -2.02. The molecule has 0 aliphatic rings. The van der Waals surface area contributed by atoms with Crippen molar-refractivity contribution in [3.05, 3.63) is 70.9 Å². The largest absolute Gasteiger partial charge is 0.192 e. The van der Waals surface area contributed by atoms with Gasteiger partial charge in [0.15, 0.2) is 0 Å². The first-order valence-corrected chi connectivity index (χ1v) is 9.65. The minimum absolute atomic E-state index is 0.695. The fourth-order valence-corrected chi connectivity index (χ4v) is 5.33. The first kappa shape index (κ1) is 14.4. The molecule has 0 spiro atoms. The highest BCUT2D eigenvalue weighted by Crippen LogP contribution is 2.45. The van der Waals surface area contributed by atoms with Crippen molar-refractivity contribution in [2.75, 3.05) is 0 Å². The number of hydrogen-bond acceptors (Lipinski definition) is 4. The summed E-state index contributed by atoms with van der Waals surface area (Å²) in [6, 6.07) is 20.8. The summed E-state index contributed by atoms with van der Waals surface area (Å²) in [7, 11) is 0. The molecule has 0 N–H and O–H groups in total. The van der Waals surface area contributed by atoms with Crippen LogP contribution in [0.15, 0.2) is 65.4 Å². The zero-order chi connectivity index (χ0) is 15.6. The van der Waals surface area contributed by atoms with Gasteiger partial charge in [-0.3, -0.25) is 0 Å². The van der Waals surface area contributed by atoms with Gasteiger partial charge in [0.25, 0.3) is 0 Å². The highest BCUT2D eigenvalue weighted by molar-refractivity contribution is 7.26. The van der Waals surface area contributed by atoms with E-state index in [0.717, 1.165) is 5.56 Å². The zero-order valence-corrected chi connectivity index (χ0v) is 14.5. The highest BCUT2D eigenvalue weighted by atomic mass is 32.1. The number of nitrogens with zero attached hydrogens (tertiary/aromatic N) is 1. The van der Waals surface area contributed by atoms with E-state index in [1.54, 1.807) is 22.7 Å². The minimum atomic E-state index is 0.695. The fraction of sp³-hybridized carbons (Fsp3) is 0. The van der Waals surface area contributed by atoms with Crippen LogP contribution in [0.1, 0.15) is 5.56 Å². The van der Waals surface area contributed by atoms with Gasteiger partial charge in [0.05, 0.1) is 16.5 Å². The molecule has 3 aromatic heterocycles. The summed E-state index contributed by atoms with van der Waals surface area (Å²) in [6.45, 7) is 0. The van der Waals surface area contributed by atoms with Gasteiger partial charge in [-0.05, 0) is 46.7 Å².